The van der Waals surface area contributed by atoms with E-state index >= 15 is 0 Å². The van der Waals surface area contributed by atoms with Gasteiger partial charge in [-0.2, -0.15) is 0 Å². The Kier molecular flexibility index (Phi) is 6.06. The third kappa shape index (κ3) is 4.44. The number of rotatable bonds is 4. The lowest BCUT2D eigenvalue weighted by Crippen LogP contribution is -2.39. The van der Waals surface area contributed by atoms with Crippen LogP contribution in [0.3, 0.4) is 0 Å². The molecule has 1 aliphatic rings. The molecule has 0 saturated heterocycles. The molecule has 9 heteroatoms. The SMILES string of the molecule is C[C@H](Sc1nc2cc(Cl)ccc2c(=O)n1C1CCCCC1)C(=O)NC(N)=O. The van der Waals surface area contributed by atoms with Gasteiger partial charge in [0.2, 0.25) is 5.91 Å². The number of aromatic nitrogens is 2. The van der Waals surface area contributed by atoms with Crippen LogP contribution >= 0.6 is 23.4 Å². The highest BCUT2D eigenvalue weighted by molar-refractivity contribution is 8.00. The summed E-state index contributed by atoms with van der Waals surface area (Å²) >= 11 is 7.19. The van der Waals surface area contributed by atoms with Crippen molar-refractivity contribution in [2.24, 2.45) is 5.73 Å². The van der Waals surface area contributed by atoms with Crippen LogP contribution in [0.1, 0.15) is 45.1 Å². The molecule has 1 atom stereocenters. The van der Waals surface area contributed by atoms with E-state index in [4.69, 9.17) is 17.3 Å². The van der Waals surface area contributed by atoms with E-state index < -0.39 is 17.2 Å². The highest BCUT2D eigenvalue weighted by Crippen LogP contribution is 2.32. The van der Waals surface area contributed by atoms with Crippen LogP contribution in [0.15, 0.2) is 28.2 Å². The third-order valence-electron chi connectivity index (χ3n) is 4.67. The van der Waals surface area contributed by atoms with Crippen molar-refractivity contribution in [2.45, 2.75) is 55.5 Å². The molecule has 0 bridgehead atoms. The maximum atomic E-state index is 13.2. The lowest BCUT2D eigenvalue weighted by atomic mass is 9.95. The zero-order valence-electron chi connectivity index (χ0n) is 14.9. The van der Waals surface area contributed by atoms with Gasteiger partial charge in [0.1, 0.15) is 0 Å². The molecule has 1 aromatic carbocycles. The van der Waals surface area contributed by atoms with Crippen LogP contribution < -0.4 is 16.6 Å². The highest BCUT2D eigenvalue weighted by Gasteiger charge is 2.25. The minimum atomic E-state index is -0.907. The summed E-state index contributed by atoms with van der Waals surface area (Å²) in [5.74, 6) is -0.525. The maximum Gasteiger partial charge on any atom is 0.318 e. The first-order valence-electron chi connectivity index (χ1n) is 8.85. The summed E-state index contributed by atoms with van der Waals surface area (Å²) in [5, 5.41) is 2.87. The lowest BCUT2D eigenvalue weighted by Gasteiger charge is -2.26. The largest absolute Gasteiger partial charge is 0.351 e. The Morgan fingerprint density at radius 3 is 2.70 bits per heavy atom. The molecule has 27 heavy (non-hydrogen) atoms. The molecule has 144 valence electrons. The summed E-state index contributed by atoms with van der Waals surface area (Å²) in [6, 6.07) is 4.14. The van der Waals surface area contributed by atoms with Crippen LogP contribution in [-0.2, 0) is 4.79 Å². The monoisotopic (exact) mass is 408 g/mol. The number of nitrogens with one attached hydrogen (secondary N) is 1. The van der Waals surface area contributed by atoms with Crippen LogP contribution in [-0.4, -0.2) is 26.7 Å². The van der Waals surface area contributed by atoms with Gasteiger partial charge in [-0.15, -0.1) is 0 Å². The minimum Gasteiger partial charge on any atom is -0.351 e. The zero-order valence-corrected chi connectivity index (χ0v) is 16.5. The molecule has 3 amide bonds. The van der Waals surface area contributed by atoms with Gasteiger partial charge in [0.15, 0.2) is 5.16 Å². The van der Waals surface area contributed by atoms with E-state index in [0.717, 1.165) is 43.9 Å². The van der Waals surface area contributed by atoms with Crippen molar-refractivity contribution in [3.05, 3.63) is 33.6 Å². The number of primary amides is 1. The van der Waals surface area contributed by atoms with E-state index in [2.05, 4.69) is 10.3 Å². The Balaban J connectivity index is 2.06. The number of thioether (sulfide) groups is 1. The number of imide groups is 1. The van der Waals surface area contributed by atoms with Crippen LogP contribution in [0.25, 0.3) is 10.9 Å². The Morgan fingerprint density at radius 2 is 2.04 bits per heavy atom. The van der Waals surface area contributed by atoms with Gasteiger partial charge < -0.3 is 5.73 Å². The summed E-state index contributed by atoms with van der Waals surface area (Å²) < 4.78 is 1.70. The molecule has 0 spiro atoms. The normalized spacial score (nSPS) is 16.2. The first-order valence-corrected chi connectivity index (χ1v) is 10.1. The Hall–Kier alpha value is -2.06. The standard InChI is InChI=1S/C18H21ClN4O3S/c1-10(15(24)22-17(20)26)27-18-21-14-9-11(19)7-8-13(14)16(25)23(18)12-5-3-2-4-6-12/h7-10,12H,2-6H2,1H3,(H3,20,22,24,26)/t10-/m0/s1. The van der Waals surface area contributed by atoms with Crippen molar-refractivity contribution in [1.82, 2.24) is 14.9 Å². The average molecular weight is 409 g/mol. The number of fused-ring (bicyclic) bond motifs is 1. The molecule has 1 saturated carbocycles. The molecule has 1 aliphatic carbocycles. The van der Waals surface area contributed by atoms with Gasteiger partial charge in [0, 0.05) is 11.1 Å². The van der Waals surface area contributed by atoms with Crippen LogP contribution in [0.2, 0.25) is 5.02 Å². The molecule has 2 aromatic rings. The molecule has 0 aliphatic heterocycles. The number of nitrogens with two attached hydrogens (primary N) is 1. The second-order valence-electron chi connectivity index (χ2n) is 6.64. The predicted octanol–water partition coefficient (Wildman–Crippen LogP) is 3.23. The molecular weight excluding hydrogens is 388 g/mol. The van der Waals surface area contributed by atoms with Crippen molar-refractivity contribution in [2.75, 3.05) is 0 Å². The van der Waals surface area contributed by atoms with Crippen LogP contribution in [0.4, 0.5) is 4.79 Å². The van der Waals surface area contributed by atoms with Crippen molar-refractivity contribution in [3.8, 4) is 0 Å². The molecule has 7 nitrogen and oxygen atoms in total. The topological polar surface area (TPSA) is 107 Å². The molecule has 3 rings (SSSR count). The van der Waals surface area contributed by atoms with E-state index in [0.29, 0.717) is 21.1 Å². The van der Waals surface area contributed by atoms with E-state index in [9.17, 15) is 14.4 Å². The van der Waals surface area contributed by atoms with Gasteiger partial charge in [-0.05, 0) is 38.0 Å². The van der Waals surface area contributed by atoms with E-state index in [1.807, 2.05) is 0 Å². The van der Waals surface area contributed by atoms with E-state index in [1.165, 1.54) is 0 Å². The number of nitrogens with zero attached hydrogens (tertiary/aromatic N) is 2. The third-order valence-corrected chi connectivity index (χ3v) is 5.97. The fourth-order valence-corrected chi connectivity index (χ4v) is 4.48. The predicted molar refractivity (Wildman–Crippen MR) is 106 cm³/mol. The molecular formula is C18H21ClN4O3S. The fraction of sp³-hybridized carbons (Fsp3) is 0.444. The number of hydrogen-bond acceptors (Lipinski definition) is 5. The maximum absolute atomic E-state index is 13.2. The highest BCUT2D eigenvalue weighted by atomic mass is 35.5. The molecule has 0 unspecified atom stereocenters. The van der Waals surface area contributed by atoms with Gasteiger partial charge >= 0.3 is 6.03 Å². The number of carbonyl (C=O) groups is 2. The number of benzene rings is 1. The van der Waals surface area contributed by atoms with Gasteiger partial charge in [-0.25, -0.2) is 9.78 Å². The molecule has 1 aromatic heterocycles. The van der Waals surface area contributed by atoms with Crippen LogP contribution in [0.5, 0.6) is 0 Å². The summed E-state index contributed by atoms with van der Waals surface area (Å²) in [6.07, 6.45) is 5.06. The first kappa shape index (κ1) is 19.7. The smallest absolute Gasteiger partial charge is 0.318 e. The molecule has 1 fully saturated rings. The van der Waals surface area contributed by atoms with Crippen molar-refractivity contribution in [1.29, 1.82) is 0 Å². The van der Waals surface area contributed by atoms with Gasteiger partial charge in [0.25, 0.3) is 5.56 Å². The van der Waals surface area contributed by atoms with E-state index in [-0.39, 0.29) is 11.6 Å². The van der Waals surface area contributed by atoms with Crippen molar-refractivity contribution >= 4 is 46.2 Å². The molecule has 3 N–H and O–H groups in total. The number of amides is 3. The Morgan fingerprint density at radius 1 is 1.33 bits per heavy atom. The number of carbonyl (C=O) groups excluding carboxylic acids is 2. The van der Waals surface area contributed by atoms with Crippen molar-refractivity contribution in [3.63, 3.8) is 0 Å². The second-order valence-corrected chi connectivity index (χ2v) is 8.38. The summed E-state index contributed by atoms with van der Waals surface area (Å²) in [4.78, 5) is 40.8. The van der Waals surface area contributed by atoms with E-state index in [1.54, 1.807) is 29.7 Å². The molecule has 1 heterocycles. The summed E-state index contributed by atoms with van der Waals surface area (Å²) in [5.41, 5.74) is 5.38. The average Bonchev–Trinajstić information content (AvgIpc) is 2.61. The number of hydrogen-bond donors (Lipinski definition) is 2. The van der Waals surface area contributed by atoms with Crippen molar-refractivity contribution < 1.29 is 9.59 Å². The van der Waals surface area contributed by atoms with Gasteiger partial charge in [-0.3, -0.25) is 19.5 Å². The Labute approximate surface area is 165 Å². The summed E-state index contributed by atoms with van der Waals surface area (Å²) in [6.45, 7) is 1.64. The van der Waals surface area contributed by atoms with Crippen LogP contribution in [0, 0.1) is 0 Å². The lowest BCUT2D eigenvalue weighted by molar-refractivity contribution is -0.119. The fourth-order valence-electron chi connectivity index (χ4n) is 3.33. The summed E-state index contributed by atoms with van der Waals surface area (Å²) in [7, 11) is 0. The first-order chi connectivity index (χ1) is 12.9. The minimum absolute atomic E-state index is 0.0488. The second kappa shape index (κ2) is 8.31. The quantitative estimate of drug-likeness (QED) is 0.596. The zero-order chi connectivity index (χ0) is 19.6. The number of urea groups is 1. The molecule has 0 radical (unpaired) electrons. The Bertz CT molecular complexity index is 940. The van der Waals surface area contributed by atoms with Gasteiger partial charge in [-0.1, -0.05) is 42.6 Å². The van der Waals surface area contributed by atoms with Gasteiger partial charge in [0.05, 0.1) is 16.2 Å². The number of halogens is 1.